The monoisotopic (exact) mass is 656 g/mol. The molecule has 1 saturated carbocycles. The molecule has 2 aromatic rings. The molecule has 1 spiro atoms. The van der Waals surface area contributed by atoms with E-state index in [0.29, 0.717) is 50.6 Å². The number of benzene rings is 2. The molecular formula is C34H39F3N4O4S. The highest BCUT2D eigenvalue weighted by molar-refractivity contribution is 7.81. The van der Waals surface area contributed by atoms with E-state index in [2.05, 4.69) is 0 Å². The Balaban J connectivity index is 1.28. The van der Waals surface area contributed by atoms with Crippen LogP contribution in [0.15, 0.2) is 36.4 Å². The summed E-state index contributed by atoms with van der Waals surface area (Å²) in [5.41, 5.74) is -1.51. The number of nitriles is 1. The first-order chi connectivity index (χ1) is 21.7. The lowest BCUT2D eigenvalue weighted by atomic mass is 9.75. The van der Waals surface area contributed by atoms with Crippen LogP contribution in [-0.4, -0.2) is 52.8 Å². The van der Waals surface area contributed by atoms with Crippen LogP contribution in [0.2, 0.25) is 0 Å². The van der Waals surface area contributed by atoms with Gasteiger partial charge in [-0.3, -0.25) is 9.69 Å². The van der Waals surface area contributed by atoms with Crippen molar-refractivity contribution in [1.29, 1.82) is 5.26 Å². The number of halogens is 3. The van der Waals surface area contributed by atoms with E-state index in [4.69, 9.17) is 21.7 Å². The second-order valence-corrected chi connectivity index (χ2v) is 13.5. The number of hydrogen-bond acceptors (Lipinski definition) is 6. The maximum Gasteiger partial charge on any atom is 0.417 e. The number of thiocarbonyl (C=S) groups is 1. The molecule has 3 fully saturated rings. The van der Waals surface area contributed by atoms with Gasteiger partial charge < -0.3 is 19.3 Å². The highest BCUT2D eigenvalue weighted by atomic mass is 32.1. The Kier molecular flexibility index (Phi) is 9.28. The summed E-state index contributed by atoms with van der Waals surface area (Å²) < 4.78 is 53.0. The summed E-state index contributed by atoms with van der Waals surface area (Å²) in [5, 5.41) is 9.33. The molecule has 2 heterocycles. The molecule has 246 valence electrons. The molecule has 2 amide bonds. The SMILES string of the molecule is CCc1cc(N2C(=S)N(c3ccc(C#N)c(C(F)(F)F)c3)C(=O)C23CCC3)ccc1OCCC1CCN(C(=O)OC(C)(C)C)CC1. The van der Waals surface area contributed by atoms with E-state index in [1.165, 1.54) is 11.0 Å². The molecule has 12 heteroatoms. The summed E-state index contributed by atoms with van der Waals surface area (Å²) >= 11 is 5.78. The summed E-state index contributed by atoms with van der Waals surface area (Å²) in [7, 11) is 0. The Labute approximate surface area is 273 Å². The fourth-order valence-electron chi connectivity index (χ4n) is 6.40. The van der Waals surface area contributed by atoms with E-state index in [1.807, 2.05) is 45.9 Å². The van der Waals surface area contributed by atoms with E-state index in [9.17, 15) is 28.0 Å². The second kappa shape index (κ2) is 12.7. The van der Waals surface area contributed by atoms with Crippen molar-refractivity contribution < 1.29 is 32.2 Å². The fraction of sp³-hybridized carbons (Fsp3) is 0.529. The molecule has 0 unspecified atom stereocenters. The molecule has 5 rings (SSSR count). The largest absolute Gasteiger partial charge is 0.493 e. The van der Waals surface area contributed by atoms with Crippen molar-refractivity contribution in [3.63, 3.8) is 0 Å². The zero-order valence-electron chi connectivity index (χ0n) is 26.6. The molecule has 3 aliphatic rings. The van der Waals surface area contributed by atoms with E-state index in [0.717, 1.165) is 49.1 Å². The van der Waals surface area contributed by atoms with Crippen molar-refractivity contribution in [3.8, 4) is 11.8 Å². The van der Waals surface area contributed by atoms with Gasteiger partial charge in [-0.05, 0) is 126 Å². The molecule has 1 aliphatic carbocycles. The topological polar surface area (TPSA) is 86.1 Å². The van der Waals surface area contributed by atoms with E-state index in [-0.39, 0.29) is 22.8 Å². The summed E-state index contributed by atoms with van der Waals surface area (Å²) in [6, 6.07) is 10.5. The first-order valence-electron chi connectivity index (χ1n) is 15.7. The quantitative estimate of drug-likeness (QED) is 0.284. The molecule has 0 aromatic heterocycles. The third-order valence-corrected chi connectivity index (χ3v) is 9.38. The lowest BCUT2D eigenvalue weighted by molar-refractivity contribution is -0.137. The number of alkyl halides is 3. The zero-order chi connectivity index (χ0) is 33.4. The van der Waals surface area contributed by atoms with Crippen molar-refractivity contribution in [2.24, 2.45) is 5.92 Å². The molecule has 0 bridgehead atoms. The molecule has 8 nitrogen and oxygen atoms in total. The van der Waals surface area contributed by atoms with Gasteiger partial charge in [-0.15, -0.1) is 0 Å². The Hall–Kier alpha value is -3.85. The van der Waals surface area contributed by atoms with Gasteiger partial charge in [0.15, 0.2) is 5.11 Å². The normalized spacial score (nSPS) is 18.5. The van der Waals surface area contributed by atoms with Gasteiger partial charge in [-0.2, -0.15) is 18.4 Å². The van der Waals surface area contributed by atoms with Crippen LogP contribution in [0.5, 0.6) is 5.75 Å². The van der Waals surface area contributed by atoms with E-state index >= 15 is 0 Å². The van der Waals surface area contributed by atoms with Gasteiger partial charge in [0.1, 0.15) is 16.9 Å². The van der Waals surface area contributed by atoms with Crippen molar-refractivity contribution >= 4 is 40.7 Å². The maximum atomic E-state index is 13.8. The number of anilines is 2. The second-order valence-electron chi connectivity index (χ2n) is 13.2. The minimum absolute atomic E-state index is 0.0114. The molecule has 2 aliphatic heterocycles. The Morgan fingerprint density at radius 3 is 2.33 bits per heavy atom. The van der Waals surface area contributed by atoms with Crippen LogP contribution in [0.3, 0.4) is 0 Å². The van der Waals surface area contributed by atoms with Crippen LogP contribution in [0, 0.1) is 17.2 Å². The molecular weight excluding hydrogens is 617 g/mol. The first-order valence-corrected chi connectivity index (χ1v) is 16.1. The Bertz CT molecular complexity index is 1550. The van der Waals surface area contributed by atoms with Gasteiger partial charge in [0.2, 0.25) is 0 Å². The van der Waals surface area contributed by atoms with Crippen molar-refractivity contribution in [1.82, 2.24) is 4.90 Å². The predicted molar refractivity (Wildman–Crippen MR) is 172 cm³/mol. The number of hydrogen-bond donors (Lipinski definition) is 0. The van der Waals surface area contributed by atoms with Gasteiger partial charge in [0.25, 0.3) is 5.91 Å². The average Bonchev–Trinajstić information content (AvgIpc) is 3.22. The average molecular weight is 657 g/mol. The van der Waals surface area contributed by atoms with E-state index < -0.39 is 28.4 Å². The highest BCUT2D eigenvalue weighted by Crippen LogP contribution is 2.49. The zero-order valence-corrected chi connectivity index (χ0v) is 27.4. The van der Waals surface area contributed by atoms with Crippen LogP contribution >= 0.6 is 12.2 Å². The predicted octanol–water partition coefficient (Wildman–Crippen LogP) is 7.62. The molecule has 0 radical (unpaired) electrons. The smallest absolute Gasteiger partial charge is 0.417 e. The van der Waals surface area contributed by atoms with Gasteiger partial charge in [-0.1, -0.05) is 6.92 Å². The summed E-state index contributed by atoms with van der Waals surface area (Å²) in [4.78, 5) is 30.9. The lowest BCUT2D eigenvalue weighted by Crippen LogP contribution is -2.55. The van der Waals surface area contributed by atoms with E-state index in [1.54, 1.807) is 15.9 Å². The van der Waals surface area contributed by atoms with Gasteiger partial charge >= 0.3 is 12.3 Å². The summed E-state index contributed by atoms with van der Waals surface area (Å²) in [5.74, 6) is 0.800. The molecule has 2 saturated heterocycles. The number of amides is 2. The minimum atomic E-state index is -4.76. The number of carbonyl (C=O) groups excluding carboxylic acids is 2. The summed E-state index contributed by atoms with van der Waals surface area (Å²) in [6.07, 6.45) is 0.0721. The van der Waals surface area contributed by atoms with Crippen LogP contribution in [0.4, 0.5) is 29.3 Å². The minimum Gasteiger partial charge on any atom is -0.493 e. The van der Waals surface area contributed by atoms with Crippen molar-refractivity contribution in [2.45, 2.75) is 90.0 Å². The van der Waals surface area contributed by atoms with Gasteiger partial charge in [0, 0.05) is 18.8 Å². The number of carbonyl (C=O) groups is 2. The van der Waals surface area contributed by atoms with Gasteiger partial charge in [-0.25, -0.2) is 4.79 Å². The standard InChI is InChI=1S/C34H39F3N4O4S/c1-5-23-19-26(9-10-28(23)44-18-13-22-11-16-39(17-12-22)31(43)45-32(2,3)4)41-30(46)40(29(42)33(41)14-6-15-33)25-8-7-24(21-38)27(20-25)34(35,36)37/h7-10,19-20,22H,5-6,11-18H2,1-4H3. The molecule has 46 heavy (non-hydrogen) atoms. The van der Waals surface area contributed by atoms with Gasteiger partial charge in [0.05, 0.1) is 29.5 Å². The Morgan fingerprint density at radius 1 is 1.09 bits per heavy atom. The number of aryl methyl sites for hydroxylation is 1. The number of likely N-dealkylation sites (tertiary alicyclic amines) is 1. The Morgan fingerprint density at radius 2 is 1.76 bits per heavy atom. The molecule has 0 atom stereocenters. The summed E-state index contributed by atoms with van der Waals surface area (Å²) in [6.45, 7) is 9.41. The van der Waals surface area contributed by atoms with Crippen LogP contribution in [0.1, 0.15) is 82.9 Å². The third-order valence-electron chi connectivity index (χ3n) is 9.01. The number of piperidine rings is 1. The maximum absolute atomic E-state index is 13.8. The third kappa shape index (κ3) is 6.52. The lowest BCUT2D eigenvalue weighted by Gasteiger charge is -2.43. The van der Waals surface area contributed by atoms with Crippen LogP contribution in [0.25, 0.3) is 0 Å². The van der Waals surface area contributed by atoms with Crippen LogP contribution < -0.4 is 14.5 Å². The first kappa shape index (κ1) is 33.5. The van der Waals surface area contributed by atoms with Crippen molar-refractivity contribution in [2.75, 3.05) is 29.5 Å². The number of rotatable bonds is 7. The highest BCUT2D eigenvalue weighted by Gasteiger charge is 2.59. The number of nitrogens with zero attached hydrogens (tertiary/aromatic N) is 4. The van der Waals surface area contributed by atoms with Crippen LogP contribution in [-0.2, 0) is 22.1 Å². The van der Waals surface area contributed by atoms with Crippen molar-refractivity contribution in [3.05, 3.63) is 53.1 Å². The fourth-order valence-corrected chi connectivity index (χ4v) is 6.87. The molecule has 0 N–H and O–H groups in total. The number of ether oxygens (including phenoxy) is 2. The molecule has 2 aromatic carbocycles.